The van der Waals surface area contributed by atoms with Gasteiger partial charge in [0.15, 0.2) is 0 Å². The van der Waals surface area contributed by atoms with E-state index in [0.717, 1.165) is 32.4 Å². The summed E-state index contributed by atoms with van der Waals surface area (Å²) in [6.45, 7) is 4.12. The van der Waals surface area contributed by atoms with Crippen molar-refractivity contribution in [2.45, 2.75) is 20.5 Å². The van der Waals surface area contributed by atoms with Gasteiger partial charge in [-0.25, -0.2) is 26.2 Å². The predicted octanol–water partition coefficient (Wildman–Crippen LogP) is 3.33. The smallest absolute Gasteiger partial charge is 0.352 e. The van der Waals surface area contributed by atoms with Crippen molar-refractivity contribution in [2.75, 3.05) is 12.1 Å². The first-order chi connectivity index (χ1) is 13.8. The topological polar surface area (TPSA) is 103 Å². The number of hydrogen-bond acceptors (Lipinski definition) is 5. The number of aromatic nitrogens is 2. The van der Waals surface area contributed by atoms with Gasteiger partial charge in [0, 0.05) is 18.8 Å². The van der Waals surface area contributed by atoms with Gasteiger partial charge in [0.25, 0.3) is 0 Å². The maximum atomic E-state index is 12.2. The number of carbonyl (C=O) groups excluding carboxylic acids is 1. The quantitative estimate of drug-likeness (QED) is 0.378. The Morgan fingerprint density at radius 1 is 1.21 bits per heavy atom. The number of hydrazine groups is 2. The van der Waals surface area contributed by atoms with Crippen LogP contribution >= 0.6 is 11.6 Å². The van der Waals surface area contributed by atoms with E-state index in [2.05, 4.69) is 5.10 Å². The molecule has 0 aliphatic heterocycles. The van der Waals surface area contributed by atoms with E-state index in [1.807, 2.05) is 44.2 Å². The molecule has 0 radical (unpaired) electrons. The lowest BCUT2D eigenvalue weighted by Gasteiger charge is -2.24. The minimum absolute atomic E-state index is 0.241. The zero-order chi connectivity index (χ0) is 21.1. The van der Waals surface area contributed by atoms with Crippen LogP contribution in [0.4, 0.5) is 10.5 Å². The van der Waals surface area contributed by atoms with Crippen LogP contribution < -0.4 is 21.4 Å². The molecule has 0 saturated carbocycles. The fourth-order valence-electron chi connectivity index (χ4n) is 2.90. The zero-order valence-electron chi connectivity index (χ0n) is 16.5. The molecule has 0 spiro atoms. The van der Waals surface area contributed by atoms with E-state index in [9.17, 15) is 4.79 Å². The van der Waals surface area contributed by atoms with Crippen molar-refractivity contribution in [3.05, 3.63) is 70.5 Å². The van der Waals surface area contributed by atoms with E-state index in [4.69, 9.17) is 28.0 Å². The molecular weight excluding hydrogens is 392 g/mol. The molecule has 3 aromatic rings. The first-order valence-electron chi connectivity index (χ1n) is 8.87. The summed E-state index contributed by atoms with van der Waals surface area (Å²) in [6, 6.07) is 10.7. The average molecular weight is 415 g/mol. The van der Waals surface area contributed by atoms with Crippen molar-refractivity contribution in [3.63, 3.8) is 0 Å². The second-order valence-electron chi connectivity index (χ2n) is 6.68. The van der Waals surface area contributed by atoms with Crippen molar-refractivity contribution < 1.29 is 9.53 Å². The minimum atomic E-state index is -0.532. The molecule has 0 unspecified atom stereocenters. The second kappa shape index (κ2) is 8.52. The van der Waals surface area contributed by atoms with E-state index in [1.54, 1.807) is 23.1 Å². The number of urea groups is 1. The van der Waals surface area contributed by atoms with Crippen LogP contribution in [0.15, 0.2) is 48.8 Å². The molecule has 1 heterocycles. The molecule has 2 aromatic carbocycles. The second-order valence-corrected chi connectivity index (χ2v) is 7.11. The molecule has 0 saturated heterocycles. The van der Waals surface area contributed by atoms with Crippen LogP contribution in [0.5, 0.6) is 5.75 Å². The van der Waals surface area contributed by atoms with Gasteiger partial charge in [-0.3, -0.25) is 5.01 Å². The number of anilines is 1. The van der Waals surface area contributed by atoms with Crippen molar-refractivity contribution in [1.29, 1.82) is 0 Å². The molecule has 2 amide bonds. The summed E-state index contributed by atoms with van der Waals surface area (Å²) in [5, 5.41) is 6.72. The van der Waals surface area contributed by atoms with E-state index < -0.39 is 6.03 Å². The number of amides is 2. The van der Waals surface area contributed by atoms with Crippen molar-refractivity contribution in [2.24, 2.45) is 11.7 Å². The molecule has 1 aromatic heterocycles. The summed E-state index contributed by atoms with van der Waals surface area (Å²) in [6.07, 6.45) is 3.32. The number of nitrogens with zero attached hydrogens (tertiary/aromatic N) is 4. The lowest BCUT2D eigenvalue weighted by molar-refractivity contribution is 0.216. The Bertz CT molecular complexity index is 1030. The predicted molar refractivity (Wildman–Crippen MR) is 113 cm³/mol. The maximum Gasteiger partial charge on any atom is 0.352 e. The van der Waals surface area contributed by atoms with Gasteiger partial charge in [-0.1, -0.05) is 23.7 Å². The third kappa shape index (κ3) is 4.51. The van der Waals surface area contributed by atoms with E-state index in [1.165, 1.54) is 7.05 Å². The number of carbonyl (C=O) groups is 1. The number of ether oxygens (including phenoxy) is 1. The van der Waals surface area contributed by atoms with Crippen LogP contribution in [-0.4, -0.2) is 27.9 Å². The molecule has 0 bridgehead atoms. The zero-order valence-corrected chi connectivity index (χ0v) is 17.2. The lowest BCUT2D eigenvalue weighted by atomic mass is 10.1. The summed E-state index contributed by atoms with van der Waals surface area (Å²) in [5.41, 5.74) is 4.10. The molecule has 0 fully saturated rings. The molecular formula is C20H23ClN6O2. The van der Waals surface area contributed by atoms with Gasteiger partial charge in [-0.2, -0.15) is 5.10 Å². The van der Waals surface area contributed by atoms with Crippen molar-refractivity contribution in [1.82, 2.24) is 14.8 Å². The van der Waals surface area contributed by atoms with Gasteiger partial charge in [0.05, 0.1) is 22.6 Å². The molecule has 8 nitrogen and oxygen atoms in total. The first-order valence-corrected chi connectivity index (χ1v) is 9.25. The highest BCUT2D eigenvalue weighted by atomic mass is 35.5. The third-order valence-electron chi connectivity index (χ3n) is 4.50. The molecule has 152 valence electrons. The van der Waals surface area contributed by atoms with Crippen molar-refractivity contribution >= 4 is 23.3 Å². The fourth-order valence-corrected chi connectivity index (χ4v) is 3.04. The number of aryl methyl sites for hydroxylation is 2. The molecule has 0 aliphatic carbocycles. The van der Waals surface area contributed by atoms with Gasteiger partial charge in [-0.15, -0.1) is 0 Å². The number of rotatable bonds is 5. The summed E-state index contributed by atoms with van der Waals surface area (Å²) < 4.78 is 7.73. The Kier molecular flexibility index (Phi) is 6.07. The van der Waals surface area contributed by atoms with Gasteiger partial charge >= 0.3 is 6.03 Å². The van der Waals surface area contributed by atoms with Crippen LogP contribution in [-0.2, 0) is 6.61 Å². The van der Waals surface area contributed by atoms with Gasteiger partial charge in [0.1, 0.15) is 12.4 Å². The van der Waals surface area contributed by atoms with Gasteiger partial charge in [0.2, 0.25) is 0 Å². The highest BCUT2D eigenvalue weighted by molar-refractivity contribution is 6.30. The summed E-state index contributed by atoms with van der Waals surface area (Å²) >= 11 is 5.94. The number of hydrogen-bond donors (Lipinski definition) is 2. The Morgan fingerprint density at radius 2 is 1.97 bits per heavy atom. The van der Waals surface area contributed by atoms with E-state index >= 15 is 0 Å². The Morgan fingerprint density at radius 3 is 2.59 bits per heavy atom. The van der Waals surface area contributed by atoms with Crippen LogP contribution in [0.2, 0.25) is 5.02 Å². The standard InChI is InChI=1S/C20H23ClN6O2/c1-13-5-4-6-18(27(23)20(28)25(3)22)17(13)12-29-19-8-7-16(9-14(19)2)26-11-15(21)10-24-26/h4-11H,12,22-23H2,1-3H3. The number of halogens is 1. The average Bonchev–Trinajstić information content (AvgIpc) is 3.12. The largest absolute Gasteiger partial charge is 0.489 e. The minimum Gasteiger partial charge on any atom is -0.489 e. The molecule has 9 heteroatoms. The highest BCUT2D eigenvalue weighted by Crippen LogP contribution is 2.27. The first kappa shape index (κ1) is 20.7. The molecule has 0 atom stereocenters. The fraction of sp³-hybridized carbons (Fsp3) is 0.200. The van der Waals surface area contributed by atoms with E-state index in [-0.39, 0.29) is 6.61 Å². The summed E-state index contributed by atoms with van der Waals surface area (Å²) in [4.78, 5) is 12.2. The maximum absolute atomic E-state index is 12.2. The monoisotopic (exact) mass is 414 g/mol. The van der Waals surface area contributed by atoms with Crippen LogP contribution in [0.3, 0.4) is 0 Å². The summed E-state index contributed by atoms with van der Waals surface area (Å²) in [5.74, 6) is 12.2. The Balaban J connectivity index is 1.82. The third-order valence-corrected chi connectivity index (χ3v) is 4.69. The molecule has 4 N–H and O–H groups in total. The SMILES string of the molecule is Cc1cc(-n2cc(Cl)cn2)ccc1OCc1c(C)cccc1N(N)C(=O)N(C)N. The summed E-state index contributed by atoms with van der Waals surface area (Å²) in [7, 11) is 1.44. The lowest BCUT2D eigenvalue weighted by Crippen LogP contribution is -2.49. The van der Waals surface area contributed by atoms with Crippen LogP contribution in [0.25, 0.3) is 5.69 Å². The normalized spacial score (nSPS) is 10.7. The molecule has 3 rings (SSSR count). The van der Waals surface area contributed by atoms with Gasteiger partial charge in [-0.05, 0) is 49.2 Å². The number of benzene rings is 2. The van der Waals surface area contributed by atoms with E-state index in [0.29, 0.717) is 16.5 Å². The molecule has 0 aliphatic rings. The highest BCUT2D eigenvalue weighted by Gasteiger charge is 2.19. The van der Waals surface area contributed by atoms with Gasteiger partial charge < -0.3 is 4.74 Å². The van der Waals surface area contributed by atoms with Crippen LogP contribution in [0, 0.1) is 13.8 Å². The molecule has 29 heavy (non-hydrogen) atoms. The number of nitrogens with two attached hydrogens (primary N) is 2. The Labute approximate surface area is 174 Å². The Hall–Kier alpha value is -3.07. The van der Waals surface area contributed by atoms with Crippen molar-refractivity contribution in [3.8, 4) is 11.4 Å². The van der Waals surface area contributed by atoms with Crippen LogP contribution in [0.1, 0.15) is 16.7 Å².